The number of aliphatic hydroxyl groups is 1. The van der Waals surface area contributed by atoms with Crippen molar-refractivity contribution in [3.05, 3.63) is 40.2 Å². The van der Waals surface area contributed by atoms with E-state index in [0.29, 0.717) is 29.4 Å². The maximum atomic E-state index is 9.46. The minimum Gasteiger partial charge on any atom is -0.494 e. The molecule has 0 spiro atoms. The molecule has 0 unspecified atom stereocenters. The van der Waals surface area contributed by atoms with Gasteiger partial charge in [0.25, 0.3) is 0 Å². The molecule has 2 aromatic rings. The maximum absolute atomic E-state index is 9.46. The summed E-state index contributed by atoms with van der Waals surface area (Å²) in [6.45, 7) is 5.04. The molecule has 0 radical (unpaired) electrons. The van der Waals surface area contributed by atoms with Crippen molar-refractivity contribution in [3.8, 4) is 10.6 Å². The van der Waals surface area contributed by atoms with Crippen LogP contribution in [0.1, 0.15) is 50.8 Å². The smallest absolute Gasteiger partial charge is 0.228 e. The van der Waals surface area contributed by atoms with Crippen LogP contribution in [0.25, 0.3) is 10.6 Å². The first-order valence-electron chi connectivity index (χ1n) is 12.0. The number of hydrogen-bond acceptors (Lipinski definition) is 8. The zero-order chi connectivity index (χ0) is 24.5. The summed E-state index contributed by atoms with van der Waals surface area (Å²) in [6, 6.07) is 0.281. The molecule has 1 fully saturated rings. The number of halogens is 1. The molecule has 1 aliphatic rings. The average Bonchev–Trinajstić information content (AvgIpc) is 3.29. The lowest BCUT2D eigenvalue weighted by Gasteiger charge is -2.29. The van der Waals surface area contributed by atoms with Gasteiger partial charge in [0.05, 0.1) is 12.2 Å². The molecule has 0 amide bonds. The van der Waals surface area contributed by atoms with Gasteiger partial charge in [-0.3, -0.25) is 0 Å². The molecule has 1 saturated carbocycles. The minimum absolute atomic E-state index is 0.262. The lowest BCUT2D eigenvalue weighted by molar-refractivity contribution is 0.185. The van der Waals surface area contributed by atoms with Gasteiger partial charge in [-0.2, -0.15) is 4.98 Å². The van der Waals surface area contributed by atoms with Gasteiger partial charge in [0.2, 0.25) is 5.95 Å². The number of anilines is 2. The van der Waals surface area contributed by atoms with Crippen molar-refractivity contribution >= 4 is 34.7 Å². The van der Waals surface area contributed by atoms with Crippen molar-refractivity contribution in [3.63, 3.8) is 0 Å². The zero-order valence-electron chi connectivity index (χ0n) is 20.6. The second kappa shape index (κ2) is 13.1. The number of allylic oxidation sites excluding steroid dienone is 3. The van der Waals surface area contributed by atoms with Gasteiger partial charge >= 0.3 is 0 Å². The van der Waals surface area contributed by atoms with Crippen molar-refractivity contribution in [1.29, 1.82) is 0 Å². The molecule has 2 N–H and O–H groups in total. The van der Waals surface area contributed by atoms with Crippen LogP contribution in [-0.2, 0) is 11.2 Å². The second-order valence-corrected chi connectivity index (χ2v) is 10.2. The monoisotopic (exact) mass is 505 g/mol. The van der Waals surface area contributed by atoms with E-state index in [-0.39, 0.29) is 12.6 Å². The Morgan fingerprint density at radius 2 is 2.06 bits per heavy atom. The summed E-state index contributed by atoms with van der Waals surface area (Å²) >= 11 is 8.28. The van der Waals surface area contributed by atoms with Gasteiger partial charge in [-0.25, -0.2) is 9.97 Å². The van der Waals surface area contributed by atoms with Crippen LogP contribution in [0.3, 0.4) is 0 Å². The Bertz CT molecular complexity index is 984. The van der Waals surface area contributed by atoms with E-state index in [0.717, 1.165) is 59.7 Å². The molecule has 0 atom stereocenters. The quantitative estimate of drug-likeness (QED) is 0.230. The normalized spacial score (nSPS) is 18.9. The van der Waals surface area contributed by atoms with Crippen LogP contribution in [0.15, 0.2) is 30.2 Å². The summed E-state index contributed by atoms with van der Waals surface area (Å²) in [4.78, 5) is 16.9. The predicted molar refractivity (Wildman–Crippen MR) is 142 cm³/mol. The third-order valence-electron chi connectivity index (χ3n) is 5.77. The Morgan fingerprint density at radius 3 is 2.71 bits per heavy atom. The first-order chi connectivity index (χ1) is 16.4. The molecule has 34 heavy (non-hydrogen) atoms. The highest BCUT2D eigenvalue weighted by Gasteiger charge is 2.25. The molecule has 1 aliphatic carbocycles. The highest BCUT2D eigenvalue weighted by Crippen LogP contribution is 2.38. The third kappa shape index (κ3) is 7.17. The van der Waals surface area contributed by atoms with Crippen LogP contribution < -0.4 is 10.2 Å². The fourth-order valence-electron chi connectivity index (χ4n) is 3.88. The van der Waals surface area contributed by atoms with Crippen molar-refractivity contribution in [2.24, 2.45) is 5.92 Å². The molecule has 7 nitrogen and oxygen atoms in total. The zero-order valence-corrected chi connectivity index (χ0v) is 22.1. The van der Waals surface area contributed by atoms with E-state index in [4.69, 9.17) is 21.3 Å². The fourth-order valence-corrected chi connectivity index (χ4v) is 5.11. The van der Waals surface area contributed by atoms with Crippen LogP contribution in [-0.4, -0.2) is 53.4 Å². The molecule has 0 aromatic carbocycles. The third-order valence-corrected chi connectivity index (χ3v) is 7.09. The standard InChI is InChI=1S/C25H36ClN5O2S/c1-5-7-19(33-14-6-2)12-13-20-15-27-24(34-20)21-22(26)29-25(31(3)4)30-23(21)28-18-10-8-17(16-32)9-11-18/h5,7,12,15,17-18,32H,6,8-11,13-14,16H2,1-4H3,(H,28,29,30)/b7-5-,19-12?. The minimum atomic E-state index is 0.262. The van der Waals surface area contributed by atoms with Crippen LogP contribution in [0.4, 0.5) is 11.8 Å². The number of nitrogens with one attached hydrogen (secondary N) is 1. The van der Waals surface area contributed by atoms with E-state index >= 15 is 0 Å². The van der Waals surface area contributed by atoms with Gasteiger partial charge in [0.1, 0.15) is 21.7 Å². The highest BCUT2D eigenvalue weighted by molar-refractivity contribution is 7.15. The topological polar surface area (TPSA) is 83.4 Å². The Balaban J connectivity index is 1.85. The van der Waals surface area contributed by atoms with E-state index in [1.165, 1.54) is 0 Å². The molecular weight excluding hydrogens is 470 g/mol. The Morgan fingerprint density at radius 1 is 1.29 bits per heavy atom. The Labute approximate surface area is 211 Å². The van der Waals surface area contributed by atoms with Crippen LogP contribution >= 0.6 is 22.9 Å². The van der Waals surface area contributed by atoms with Gasteiger partial charge in [0, 0.05) is 44.2 Å². The van der Waals surface area contributed by atoms with E-state index in [1.54, 1.807) is 11.3 Å². The first kappa shape index (κ1) is 26.4. The highest BCUT2D eigenvalue weighted by atomic mass is 35.5. The fraction of sp³-hybridized carbons (Fsp3) is 0.560. The van der Waals surface area contributed by atoms with Crippen molar-refractivity contribution < 1.29 is 9.84 Å². The van der Waals surface area contributed by atoms with Crippen LogP contribution in [0.2, 0.25) is 5.15 Å². The number of thiazole rings is 1. The maximum Gasteiger partial charge on any atom is 0.228 e. The van der Waals surface area contributed by atoms with Crippen LogP contribution in [0.5, 0.6) is 0 Å². The number of ether oxygens (including phenoxy) is 1. The summed E-state index contributed by atoms with van der Waals surface area (Å²) < 4.78 is 5.81. The molecular formula is C25H36ClN5O2S. The van der Waals surface area contributed by atoms with Gasteiger partial charge in [-0.05, 0) is 57.1 Å². The van der Waals surface area contributed by atoms with Gasteiger partial charge in [-0.1, -0.05) is 24.6 Å². The summed E-state index contributed by atoms with van der Waals surface area (Å²) in [7, 11) is 3.80. The number of aromatic nitrogens is 3. The predicted octanol–water partition coefficient (Wildman–Crippen LogP) is 5.71. The Hall–Kier alpha value is -2.16. The van der Waals surface area contributed by atoms with Crippen molar-refractivity contribution in [2.45, 2.75) is 58.4 Å². The molecule has 2 heterocycles. The first-order valence-corrected chi connectivity index (χ1v) is 13.2. The summed E-state index contributed by atoms with van der Waals surface area (Å²) in [5.41, 5.74) is 0.743. The van der Waals surface area contributed by atoms with Gasteiger partial charge in [0.15, 0.2) is 0 Å². The lowest BCUT2D eigenvalue weighted by atomic mass is 9.86. The van der Waals surface area contributed by atoms with Crippen LogP contribution in [0, 0.1) is 5.92 Å². The Kier molecular flexibility index (Phi) is 10.2. The largest absolute Gasteiger partial charge is 0.494 e. The SMILES string of the molecule is C/C=C\C(=CCc1cnc(-c2c(Cl)nc(N(C)C)nc2NC2CCC(CO)CC2)s1)OCCC. The summed E-state index contributed by atoms with van der Waals surface area (Å²) in [5.74, 6) is 2.54. The van der Waals surface area contributed by atoms with E-state index in [2.05, 4.69) is 28.3 Å². The number of aliphatic hydroxyl groups excluding tert-OH is 1. The summed E-state index contributed by atoms with van der Waals surface area (Å²) in [6.07, 6.45) is 13.6. The molecule has 9 heteroatoms. The number of rotatable bonds is 11. The van der Waals surface area contributed by atoms with E-state index in [1.807, 2.05) is 44.3 Å². The molecule has 0 aliphatic heterocycles. The number of nitrogens with zero attached hydrogens (tertiary/aromatic N) is 4. The molecule has 186 valence electrons. The average molecular weight is 506 g/mol. The number of hydrogen-bond donors (Lipinski definition) is 2. The van der Waals surface area contributed by atoms with Crippen molar-refractivity contribution in [2.75, 3.05) is 37.5 Å². The van der Waals surface area contributed by atoms with E-state index in [9.17, 15) is 5.11 Å². The van der Waals surface area contributed by atoms with Crippen molar-refractivity contribution in [1.82, 2.24) is 15.0 Å². The summed E-state index contributed by atoms with van der Waals surface area (Å²) in [5, 5.41) is 14.3. The lowest BCUT2D eigenvalue weighted by Crippen LogP contribution is -2.28. The molecule has 2 aromatic heterocycles. The van der Waals surface area contributed by atoms with Gasteiger partial charge in [-0.15, -0.1) is 11.3 Å². The second-order valence-electron chi connectivity index (χ2n) is 8.77. The molecule has 3 rings (SSSR count). The molecule has 0 saturated heterocycles. The van der Waals surface area contributed by atoms with Gasteiger partial charge < -0.3 is 20.1 Å². The molecule has 0 bridgehead atoms. The van der Waals surface area contributed by atoms with E-state index < -0.39 is 0 Å².